The Balaban J connectivity index is 3.35. The van der Waals surface area contributed by atoms with Crippen LogP contribution in [0, 0.1) is 0 Å². The van der Waals surface area contributed by atoms with Gasteiger partial charge in [0.15, 0.2) is 0 Å². The van der Waals surface area contributed by atoms with Crippen LogP contribution in [0.2, 0.25) is 0 Å². The lowest BCUT2D eigenvalue weighted by Crippen LogP contribution is -2.39. The molecule has 5 heteroatoms. The number of carboxylic acid groups (broad SMARTS) is 1. The summed E-state index contributed by atoms with van der Waals surface area (Å²) in [4.78, 5) is 11.6. The second kappa shape index (κ2) is 39.3. The molecule has 0 saturated carbocycles. The van der Waals surface area contributed by atoms with Gasteiger partial charge in [-0.05, 0) is 19.4 Å². The number of hydrogen-bond donors (Lipinski definition) is 2. The molecule has 0 aliphatic heterocycles. The van der Waals surface area contributed by atoms with Gasteiger partial charge in [-0.25, -0.2) is 0 Å². The number of aliphatic carboxylic acids is 1. The number of rotatable bonds is 39. The van der Waals surface area contributed by atoms with E-state index in [4.69, 9.17) is 0 Å². The van der Waals surface area contributed by atoms with Gasteiger partial charge in [0.1, 0.15) is 6.04 Å². The molecule has 0 aliphatic rings. The molecule has 0 aliphatic carbocycles. The highest BCUT2D eigenvalue weighted by Crippen LogP contribution is 2.24. The summed E-state index contributed by atoms with van der Waals surface area (Å²) in [5.41, 5.74) is 0. The van der Waals surface area contributed by atoms with E-state index in [9.17, 15) is 9.90 Å². The molecular weight excluding hydrogens is 579 g/mol. The van der Waals surface area contributed by atoms with Crippen molar-refractivity contribution in [2.75, 3.05) is 18.1 Å². The van der Waals surface area contributed by atoms with Crippen LogP contribution in [0.4, 0.5) is 0 Å². The predicted molar refractivity (Wildman–Crippen MR) is 203 cm³/mol. The highest BCUT2D eigenvalue weighted by molar-refractivity contribution is 8.76. The summed E-state index contributed by atoms with van der Waals surface area (Å²) in [6.07, 6.45) is 44.4. The highest BCUT2D eigenvalue weighted by atomic mass is 33.1. The minimum Gasteiger partial charge on any atom is -0.480 e. The summed E-state index contributed by atoms with van der Waals surface area (Å²) in [5, 5.41) is 12.9. The fraction of sp³-hybridized carbons (Fsp3) is 0.974. The average Bonchev–Trinajstić information content (AvgIpc) is 3.02. The number of hydrogen-bond acceptors (Lipinski definition) is 4. The zero-order valence-corrected chi connectivity index (χ0v) is 31.6. The van der Waals surface area contributed by atoms with E-state index in [1.165, 1.54) is 199 Å². The first-order valence-corrected chi connectivity index (χ1v) is 22.4. The Bertz CT molecular complexity index is 548. The minimum absolute atomic E-state index is 0.408. The van der Waals surface area contributed by atoms with Crippen LogP contribution in [0.15, 0.2) is 0 Å². The summed E-state index contributed by atoms with van der Waals surface area (Å²) in [5.74, 6) is 1.11. The van der Waals surface area contributed by atoms with Gasteiger partial charge in [0, 0.05) is 11.5 Å². The Labute approximate surface area is 285 Å². The van der Waals surface area contributed by atoms with Gasteiger partial charge in [0.2, 0.25) is 0 Å². The Morgan fingerprint density at radius 2 is 0.750 bits per heavy atom. The molecule has 0 unspecified atom stereocenters. The summed E-state index contributed by atoms with van der Waals surface area (Å²) in [6, 6.07) is -0.408. The normalized spacial score (nSPS) is 12.2. The summed E-state index contributed by atoms with van der Waals surface area (Å²) >= 11 is 0. The Morgan fingerprint density at radius 1 is 0.455 bits per heavy atom. The van der Waals surface area contributed by atoms with Crippen molar-refractivity contribution >= 4 is 27.6 Å². The van der Waals surface area contributed by atoms with E-state index in [2.05, 4.69) is 19.2 Å². The van der Waals surface area contributed by atoms with Crippen molar-refractivity contribution in [1.29, 1.82) is 0 Å². The quantitative estimate of drug-likeness (QED) is 0.0509. The predicted octanol–water partition coefficient (Wildman–Crippen LogP) is 13.9. The third-order valence-corrected chi connectivity index (χ3v) is 11.6. The number of carboxylic acids is 1. The van der Waals surface area contributed by atoms with Gasteiger partial charge in [-0.15, -0.1) is 0 Å². The van der Waals surface area contributed by atoms with Gasteiger partial charge < -0.3 is 10.4 Å². The second-order valence-corrected chi connectivity index (χ2v) is 16.2. The van der Waals surface area contributed by atoms with Crippen molar-refractivity contribution in [3.8, 4) is 0 Å². The molecule has 1 atom stereocenters. The monoisotopic (exact) mass is 658 g/mol. The van der Waals surface area contributed by atoms with Crippen molar-refractivity contribution in [2.45, 2.75) is 225 Å². The van der Waals surface area contributed by atoms with Crippen LogP contribution in [0.3, 0.4) is 0 Å². The number of unbranched alkanes of at least 4 members (excludes halogenated alkanes) is 30. The van der Waals surface area contributed by atoms with Crippen LogP contribution >= 0.6 is 21.6 Å². The molecule has 0 aromatic carbocycles. The molecule has 0 saturated heterocycles. The number of nitrogens with one attached hydrogen (secondary N) is 1. The lowest BCUT2D eigenvalue weighted by molar-refractivity contribution is -0.138. The first kappa shape index (κ1) is 44.1. The van der Waals surface area contributed by atoms with E-state index in [1.54, 1.807) is 10.8 Å². The zero-order chi connectivity index (χ0) is 32.0. The Kier molecular flexibility index (Phi) is 39.4. The maximum absolute atomic E-state index is 11.6. The molecule has 0 amide bonds. The van der Waals surface area contributed by atoms with E-state index < -0.39 is 12.0 Å². The van der Waals surface area contributed by atoms with Gasteiger partial charge in [0.05, 0.1) is 0 Å². The molecule has 0 fully saturated rings. The molecule has 44 heavy (non-hydrogen) atoms. The Morgan fingerprint density at radius 3 is 1.07 bits per heavy atom. The molecule has 0 aromatic rings. The molecule has 3 nitrogen and oxygen atoms in total. The SMILES string of the molecule is CCCCCCCCCCCCCCCCCCN[C@@H](CSSCCCCCCCCCCCCCCCCCC)C(=O)O. The van der Waals surface area contributed by atoms with Crippen LogP contribution in [0.1, 0.15) is 219 Å². The van der Waals surface area contributed by atoms with Crippen LogP contribution in [-0.2, 0) is 4.79 Å². The summed E-state index contributed by atoms with van der Waals surface area (Å²) in [7, 11) is 3.60. The van der Waals surface area contributed by atoms with Crippen molar-refractivity contribution in [3.63, 3.8) is 0 Å². The van der Waals surface area contributed by atoms with Crippen molar-refractivity contribution < 1.29 is 9.90 Å². The van der Waals surface area contributed by atoms with Gasteiger partial charge in [-0.1, -0.05) is 228 Å². The van der Waals surface area contributed by atoms with Gasteiger partial charge in [-0.3, -0.25) is 4.79 Å². The summed E-state index contributed by atoms with van der Waals surface area (Å²) in [6.45, 7) is 5.41. The first-order valence-electron chi connectivity index (χ1n) is 19.9. The van der Waals surface area contributed by atoms with Crippen LogP contribution < -0.4 is 5.32 Å². The van der Waals surface area contributed by atoms with Gasteiger partial charge >= 0.3 is 5.97 Å². The molecule has 0 bridgehead atoms. The molecule has 2 N–H and O–H groups in total. The molecule has 0 rings (SSSR count). The van der Waals surface area contributed by atoms with E-state index >= 15 is 0 Å². The molecular formula is C39H79NO2S2. The van der Waals surface area contributed by atoms with Crippen molar-refractivity contribution in [3.05, 3.63) is 0 Å². The third kappa shape index (κ3) is 36.6. The second-order valence-electron chi connectivity index (χ2n) is 13.6. The lowest BCUT2D eigenvalue weighted by Gasteiger charge is -2.13. The summed E-state index contributed by atoms with van der Waals surface area (Å²) < 4.78 is 0. The van der Waals surface area contributed by atoms with Crippen LogP contribution in [0.25, 0.3) is 0 Å². The van der Waals surface area contributed by atoms with Gasteiger partial charge in [-0.2, -0.15) is 0 Å². The maximum atomic E-state index is 11.6. The molecule has 264 valence electrons. The number of carbonyl (C=O) groups is 1. The Hall–Kier alpha value is 0.130. The van der Waals surface area contributed by atoms with E-state index in [0.717, 1.165) is 18.7 Å². The smallest absolute Gasteiger partial charge is 0.321 e. The molecule has 0 radical (unpaired) electrons. The average molecular weight is 658 g/mol. The van der Waals surface area contributed by atoms with Crippen molar-refractivity contribution in [1.82, 2.24) is 5.32 Å². The van der Waals surface area contributed by atoms with Gasteiger partial charge in [0.25, 0.3) is 0 Å². The highest BCUT2D eigenvalue weighted by Gasteiger charge is 2.16. The topological polar surface area (TPSA) is 49.3 Å². The zero-order valence-electron chi connectivity index (χ0n) is 30.0. The van der Waals surface area contributed by atoms with E-state index in [1.807, 2.05) is 10.8 Å². The molecule has 0 aromatic heterocycles. The largest absolute Gasteiger partial charge is 0.480 e. The maximum Gasteiger partial charge on any atom is 0.321 e. The standard InChI is InChI=1S/C39H79NO2S2/c1-3-5-7-9-11-13-15-17-19-21-23-25-27-29-31-33-35-40-38(39(41)42)37-44-43-36-34-32-30-28-26-24-22-20-18-16-14-12-10-8-6-4-2/h38,40H,3-37H2,1-2H3,(H,41,42)/t38-/m0/s1. The van der Waals surface area contributed by atoms with Crippen molar-refractivity contribution in [2.24, 2.45) is 0 Å². The van der Waals surface area contributed by atoms with Crippen LogP contribution in [0.5, 0.6) is 0 Å². The van der Waals surface area contributed by atoms with Crippen LogP contribution in [-0.4, -0.2) is 35.2 Å². The fourth-order valence-electron chi connectivity index (χ4n) is 6.05. The van der Waals surface area contributed by atoms with E-state index in [-0.39, 0.29) is 0 Å². The fourth-order valence-corrected chi connectivity index (χ4v) is 8.39. The molecule has 0 spiro atoms. The first-order chi connectivity index (χ1) is 21.7. The molecule has 0 heterocycles. The van der Waals surface area contributed by atoms with E-state index in [0.29, 0.717) is 5.75 Å². The lowest BCUT2D eigenvalue weighted by atomic mass is 10.0. The minimum atomic E-state index is -0.697. The third-order valence-electron chi connectivity index (χ3n) is 9.12.